The number of hydrogen-bond acceptors (Lipinski definition) is 4. The van der Waals surface area contributed by atoms with Crippen LogP contribution >= 0.6 is 23.2 Å². The van der Waals surface area contributed by atoms with Crippen molar-refractivity contribution in [2.24, 2.45) is 0 Å². The first-order valence-corrected chi connectivity index (χ1v) is 8.65. The summed E-state index contributed by atoms with van der Waals surface area (Å²) in [6, 6.07) is 2.87. The first kappa shape index (κ1) is 21.9. The summed E-state index contributed by atoms with van der Waals surface area (Å²) in [5, 5.41) is 5.68. The summed E-state index contributed by atoms with van der Waals surface area (Å²) >= 11 is 12.2. The van der Waals surface area contributed by atoms with Crippen molar-refractivity contribution in [3.8, 4) is 11.5 Å². The first-order chi connectivity index (χ1) is 12.3. The Hall–Kier alpha value is -2.18. The second-order valence-electron chi connectivity index (χ2n) is 5.30. The molecule has 0 radical (unpaired) electrons. The van der Waals surface area contributed by atoms with Gasteiger partial charge in [0.2, 0.25) is 0 Å². The molecule has 0 saturated carbocycles. The van der Waals surface area contributed by atoms with Crippen LogP contribution in [0, 0.1) is 0 Å². The smallest absolute Gasteiger partial charge is 0.261 e. The average Bonchev–Trinajstić information content (AvgIpc) is 2.61. The normalized spacial score (nSPS) is 12.5. The highest BCUT2D eigenvalue weighted by atomic mass is 35.5. The van der Waals surface area contributed by atoms with Gasteiger partial charge in [-0.25, -0.2) is 0 Å². The highest BCUT2D eigenvalue weighted by molar-refractivity contribution is 6.36. The van der Waals surface area contributed by atoms with Crippen LogP contribution in [0.5, 0.6) is 11.5 Å². The van der Waals surface area contributed by atoms with Gasteiger partial charge in [-0.05, 0) is 19.9 Å². The minimum absolute atomic E-state index is 0.214. The largest absolute Gasteiger partial charge is 0.479 e. The summed E-state index contributed by atoms with van der Waals surface area (Å²) in [5.41, 5.74) is 0. The Morgan fingerprint density at radius 3 is 1.69 bits per heavy atom. The summed E-state index contributed by atoms with van der Waals surface area (Å²) in [6.45, 7) is 10.9. The number of ether oxygens (including phenoxy) is 2. The summed E-state index contributed by atoms with van der Waals surface area (Å²) in [5.74, 6) is -0.219. The van der Waals surface area contributed by atoms with E-state index in [9.17, 15) is 9.59 Å². The van der Waals surface area contributed by atoms with Gasteiger partial charge in [-0.1, -0.05) is 35.4 Å². The van der Waals surface area contributed by atoms with E-state index < -0.39 is 12.2 Å². The number of halogens is 2. The van der Waals surface area contributed by atoms with Crippen LogP contribution < -0.4 is 20.1 Å². The molecule has 0 aliphatic rings. The number of benzene rings is 1. The second kappa shape index (κ2) is 10.7. The topological polar surface area (TPSA) is 76.7 Å². The van der Waals surface area contributed by atoms with Crippen molar-refractivity contribution < 1.29 is 19.1 Å². The fourth-order valence-corrected chi connectivity index (χ4v) is 2.28. The highest BCUT2D eigenvalue weighted by Gasteiger charge is 2.20. The van der Waals surface area contributed by atoms with Crippen LogP contribution in [-0.2, 0) is 9.59 Å². The quantitative estimate of drug-likeness (QED) is 0.591. The van der Waals surface area contributed by atoms with Crippen molar-refractivity contribution >= 4 is 35.0 Å². The molecular weight excluding hydrogens is 379 g/mol. The summed E-state index contributed by atoms with van der Waals surface area (Å²) in [6.07, 6.45) is 1.53. The van der Waals surface area contributed by atoms with Gasteiger partial charge in [0.25, 0.3) is 11.8 Å². The molecule has 6 nitrogen and oxygen atoms in total. The van der Waals surface area contributed by atoms with Gasteiger partial charge in [0.15, 0.2) is 12.2 Å². The molecule has 0 spiro atoms. The van der Waals surface area contributed by atoms with E-state index in [4.69, 9.17) is 32.7 Å². The zero-order chi connectivity index (χ0) is 19.7. The van der Waals surface area contributed by atoms with Crippen LogP contribution in [0.4, 0.5) is 0 Å². The van der Waals surface area contributed by atoms with Gasteiger partial charge in [0.05, 0.1) is 10.0 Å². The van der Waals surface area contributed by atoms with Crippen LogP contribution in [-0.4, -0.2) is 37.1 Å². The van der Waals surface area contributed by atoms with Gasteiger partial charge in [-0.2, -0.15) is 0 Å². The van der Waals surface area contributed by atoms with Gasteiger partial charge in [-0.15, -0.1) is 13.2 Å². The lowest BCUT2D eigenvalue weighted by Crippen LogP contribution is -2.36. The highest BCUT2D eigenvalue weighted by Crippen LogP contribution is 2.36. The van der Waals surface area contributed by atoms with Gasteiger partial charge >= 0.3 is 0 Å². The summed E-state index contributed by atoms with van der Waals surface area (Å²) in [7, 11) is 0. The maximum Gasteiger partial charge on any atom is 0.261 e. The molecule has 0 aliphatic carbocycles. The van der Waals surface area contributed by atoms with E-state index in [0.717, 1.165) is 0 Å². The molecule has 2 atom stereocenters. The second-order valence-corrected chi connectivity index (χ2v) is 6.12. The molecule has 1 rings (SSSR count). The predicted octanol–water partition coefficient (Wildman–Crippen LogP) is 3.13. The minimum atomic E-state index is -0.796. The van der Waals surface area contributed by atoms with Gasteiger partial charge in [-0.3, -0.25) is 9.59 Å². The molecule has 1 aromatic rings. The molecule has 0 unspecified atom stereocenters. The zero-order valence-corrected chi connectivity index (χ0v) is 16.2. The number of hydrogen-bond donors (Lipinski definition) is 2. The molecule has 0 aromatic heterocycles. The van der Waals surface area contributed by atoms with E-state index in [0.29, 0.717) is 13.1 Å². The molecule has 26 heavy (non-hydrogen) atoms. The number of amides is 2. The van der Waals surface area contributed by atoms with Crippen LogP contribution in [0.1, 0.15) is 13.8 Å². The van der Waals surface area contributed by atoms with Crippen molar-refractivity contribution in [3.05, 3.63) is 47.5 Å². The fourth-order valence-electron chi connectivity index (χ4n) is 1.81. The fraction of sp³-hybridized carbons (Fsp3) is 0.333. The monoisotopic (exact) mass is 400 g/mol. The Morgan fingerprint density at radius 1 is 0.962 bits per heavy atom. The van der Waals surface area contributed by atoms with Gasteiger partial charge in [0.1, 0.15) is 11.5 Å². The third-order valence-corrected chi connectivity index (χ3v) is 3.76. The number of carbonyl (C=O) groups is 2. The molecule has 2 N–H and O–H groups in total. The lowest BCUT2D eigenvalue weighted by atomic mass is 10.3. The molecule has 0 bridgehead atoms. The zero-order valence-electron chi connectivity index (χ0n) is 14.7. The standard InChI is InChI=1S/C18H22Cl2N2O4/c1-5-7-21-17(23)11(3)25-15-10-16(14(20)9-13(15)19)26-12(4)18(24)22-8-6-2/h5-6,9-12H,1-2,7-8H2,3-4H3,(H,21,23)(H,22,24)/t11-,12-/m1/s1. The van der Waals surface area contributed by atoms with Crippen LogP contribution in [0.25, 0.3) is 0 Å². The van der Waals surface area contributed by atoms with E-state index >= 15 is 0 Å². The molecule has 2 amide bonds. The van der Waals surface area contributed by atoms with E-state index in [-0.39, 0.29) is 33.4 Å². The molecule has 0 heterocycles. The molecule has 0 saturated heterocycles. The van der Waals surface area contributed by atoms with E-state index in [1.54, 1.807) is 26.0 Å². The maximum absolute atomic E-state index is 11.9. The maximum atomic E-state index is 11.9. The Balaban J connectivity index is 2.88. The Kier molecular flexibility index (Phi) is 9.02. The SMILES string of the molecule is C=CCNC(=O)[C@@H](C)Oc1cc(O[C@H](C)C(=O)NCC=C)c(Cl)cc1Cl. The molecule has 1 aromatic carbocycles. The van der Waals surface area contributed by atoms with Crippen molar-refractivity contribution in [2.75, 3.05) is 13.1 Å². The lowest BCUT2D eigenvalue weighted by molar-refractivity contribution is -0.127. The van der Waals surface area contributed by atoms with Crippen molar-refractivity contribution in [1.82, 2.24) is 10.6 Å². The molecule has 142 valence electrons. The summed E-state index contributed by atoms with van der Waals surface area (Å²) < 4.78 is 11.2. The minimum Gasteiger partial charge on any atom is -0.479 e. The third kappa shape index (κ3) is 6.61. The number of carbonyl (C=O) groups excluding carboxylic acids is 2. The van der Waals surface area contributed by atoms with Crippen LogP contribution in [0.3, 0.4) is 0 Å². The molecule has 8 heteroatoms. The number of rotatable bonds is 10. The van der Waals surface area contributed by atoms with Crippen molar-refractivity contribution in [3.63, 3.8) is 0 Å². The first-order valence-electron chi connectivity index (χ1n) is 7.89. The van der Waals surface area contributed by atoms with Crippen molar-refractivity contribution in [2.45, 2.75) is 26.1 Å². The van der Waals surface area contributed by atoms with Gasteiger partial charge in [0, 0.05) is 19.2 Å². The van der Waals surface area contributed by atoms with Crippen LogP contribution in [0.15, 0.2) is 37.4 Å². The van der Waals surface area contributed by atoms with Gasteiger partial charge < -0.3 is 20.1 Å². The van der Waals surface area contributed by atoms with Crippen molar-refractivity contribution in [1.29, 1.82) is 0 Å². The summed E-state index contributed by atoms with van der Waals surface area (Å²) in [4.78, 5) is 23.8. The van der Waals surface area contributed by atoms with E-state index in [2.05, 4.69) is 23.8 Å². The Labute approximate surface area is 163 Å². The molecule has 0 fully saturated rings. The third-order valence-electron chi connectivity index (χ3n) is 3.17. The number of nitrogens with one attached hydrogen (secondary N) is 2. The predicted molar refractivity (Wildman–Crippen MR) is 103 cm³/mol. The Bertz CT molecular complexity index is 626. The molecular formula is C18H22Cl2N2O4. The van der Waals surface area contributed by atoms with Crippen LogP contribution in [0.2, 0.25) is 10.0 Å². The van der Waals surface area contributed by atoms with E-state index in [1.807, 2.05) is 0 Å². The molecule has 0 aliphatic heterocycles. The lowest BCUT2D eigenvalue weighted by Gasteiger charge is -2.19. The average molecular weight is 401 g/mol. The Morgan fingerprint density at radius 2 is 1.35 bits per heavy atom. The van der Waals surface area contributed by atoms with E-state index in [1.165, 1.54) is 12.1 Å².